The van der Waals surface area contributed by atoms with Crippen molar-refractivity contribution in [3.05, 3.63) is 70.7 Å². The van der Waals surface area contributed by atoms with E-state index in [0.717, 1.165) is 18.6 Å². The number of hydrogen-bond acceptors (Lipinski definition) is 3. The van der Waals surface area contributed by atoms with Crippen molar-refractivity contribution in [2.75, 3.05) is 12.0 Å². The summed E-state index contributed by atoms with van der Waals surface area (Å²) in [6.45, 7) is 1.99. The molecule has 0 aliphatic carbocycles. The van der Waals surface area contributed by atoms with Crippen molar-refractivity contribution >= 4 is 35.2 Å². The lowest BCUT2D eigenvalue weighted by Crippen LogP contribution is -2.49. The van der Waals surface area contributed by atoms with Gasteiger partial charge in [-0.2, -0.15) is 11.8 Å². The Morgan fingerprint density at radius 2 is 1.68 bits per heavy atom. The van der Waals surface area contributed by atoms with E-state index in [2.05, 4.69) is 22.8 Å². The molecule has 0 aliphatic rings. The Balaban J connectivity index is 1.94. The van der Waals surface area contributed by atoms with Crippen LogP contribution in [-0.2, 0) is 11.2 Å². The van der Waals surface area contributed by atoms with E-state index in [-0.39, 0.29) is 17.9 Å². The van der Waals surface area contributed by atoms with Crippen LogP contribution in [0.1, 0.15) is 35.7 Å². The van der Waals surface area contributed by atoms with Crippen molar-refractivity contribution in [3.8, 4) is 0 Å². The van der Waals surface area contributed by atoms with Gasteiger partial charge in [0.15, 0.2) is 0 Å². The molecule has 2 atom stereocenters. The Morgan fingerprint density at radius 1 is 1.00 bits per heavy atom. The third kappa shape index (κ3) is 7.21. The first kappa shape index (κ1) is 22.3. The fourth-order valence-electron chi connectivity index (χ4n) is 2.83. The molecule has 0 unspecified atom stereocenters. The van der Waals surface area contributed by atoms with Gasteiger partial charge in [-0.15, -0.1) is 0 Å². The van der Waals surface area contributed by atoms with Crippen LogP contribution in [0.3, 0.4) is 0 Å². The third-order valence-corrected chi connectivity index (χ3v) is 5.42. The Bertz CT molecular complexity index is 770. The maximum atomic E-state index is 12.8. The zero-order chi connectivity index (χ0) is 20.4. The molecular weight excluding hydrogens is 392 g/mol. The molecule has 6 heteroatoms. The highest BCUT2D eigenvalue weighted by atomic mass is 35.5. The summed E-state index contributed by atoms with van der Waals surface area (Å²) in [6.07, 6.45) is 4.27. The minimum Gasteiger partial charge on any atom is -0.352 e. The molecule has 2 rings (SSSR count). The van der Waals surface area contributed by atoms with E-state index < -0.39 is 6.04 Å². The molecule has 150 valence electrons. The lowest BCUT2D eigenvalue weighted by atomic mass is 10.1. The van der Waals surface area contributed by atoms with Gasteiger partial charge in [-0.1, -0.05) is 54.1 Å². The Hall–Kier alpha value is -1.98. The van der Waals surface area contributed by atoms with Gasteiger partial charge in [0.25, 0.3) is 5.91 Å². The second-order valence-corrected chi connectivity index (χ2v) is 8.11. The van der Waals surface area contributed by atoms with Crippen molar-refractivity contribution in [3.63, 3.8) is 0 Å². The number of aryl methyl sites for hydroxylation is 1. The SMILES string of the molecule is CSCC[C@@H](NC(=O)c1ccccc1Cl)C(=O)N[C@H](C)CCc1ccccc1. The third-order valence-electron chi connectivity index (χ3n) is 4.45. The Kier molecular flexibility index (Phi) is 9.38. The fourth-order valence-corrected chi connectivity index (χ4v) is 3.52. The topological polar surface area (TPSA) is 58.2 Å². The highest BCUT2D eigenvalue weighted by Crippen LogP contribution is 2.15. The van der Waals surface area contributed by atoms with Crippen LogP contribution >= 0.6 is 23.4 Å². The van der Waals surface area contributed by atoms with Crippen LogP contribution in [0.2, 0.25) is 5.02 Å². The molecule has 28 heavy (non-hydrogen) atoms. The maximum absolute atomic E-state index is 12.8. The quantitative estimate of drug-likeness (QED) is 0.603. The van der Waals surface area contributed by atoms with Crippen LogP contribution in [0.15, 0.2) is 54.6 Å². The number of hydrogen-bond donors (Lipinski definition) is 2. The molecule has 0 aromatic heterocycles. The summed E-state index contributed by atoms with van der Waals surface area (Å²) in [6, 6.07) is 16.5. The van der Waals surface area contributed by atoms with Crippen molar-refractivity contribution in [1.82, 2.24) is 10.6 Å². The lowest BCUT2D eigenvalue weighted by Gasteiger charge is -2.21. The van der Waals surface area contributed by atoms with Crippen LogP contribution in [0, 0.1) is 0 Å². The highest BCUT2D eigenvalue weighted by Gasteiger charge is 2.23. The predicted octanol–water partition coefficient (Wildman–Crippen LogP) is 4.33. The largest absolute Gasteiger partial charge is 0.352 e. The van der Waals surface area contributed by atoms with Crippen molar-refractivity contribution in [1.29, 1.82) is 0 Å². The molecule has 0 radical (unpaired) electrons. The Morgan fingerprint density at radius 3 is 2.36 bits per heavy atom. The summed E-state index contributed by atoms with van der Waals surface area (Å²) in [4.78, 5) is 25.3. The molecule has 0 saturated carbocycles. The molecule has 2 amide bonds. The monoisotopic (exact) mass is 418 g/mol. The molecule has 2 aromatic carbocycles. The van der Waals surface area contributed by atoms with Crippen LogP contribution in [0.25, 0.3) is 0 Å². The first-order chi connectivity index (χ1) is 13.5. The summed E-state index contributed by atoms with van der Waals surface area (Å²) in [7, 11) is 0. The van der Waals surface area contributed by atoms with Gasteiger partial charge in [-0.05, 0) is 55.9 Å². The van der Waals surface area contributed by atoms with E-state index in [9.17, 15) is 9.59 Å². The first-order valence-corrected chi connectivity index (χ1v) is 11.2. The number of amides is 2. The van der Waals surface area contributed by atoms with Gasteiger partial charge < -0.3 is 10.6 Å². The van der Waals surface area contributed by atoms with Crippen molar-refractivity contribution in [2.45, 2.75) is 38.3 Å². The van der Waals surface area contributed by atoms with Crippen LogP contribution in [-0.4, -0.2) is 35.9 Å². The van der Waals surface area contributed by atoms with E-state index in [1.807, 2.05) is 31.4 Å². The number of halogens is 1. The molecule has 4 nitrogen and oxygen atoms in total. The normalized spacial score (nSPS) is 12.8. The zero-order valence-electron chi connectivity index (χ0n) is 16.3. The molecule has 0 bridgehead atoms. The number of carbonyl (C=O) groups is 2. The number of nitrogens with one attached hydrogen (secondary N) is 2. The van der Waals surface area contributed by atoms with Crippen molar-refractivity contribution < 1.29 is 9.59 Å². The average Bonchev–Trinajstić information content (AvgIpc) is 2.70. The smallest absolute Gasteiger partial charge is 0.253 e. The predicted molar refractivity (Wildman–Crippen MR) is 118 cm³/mol. The second kappa shape index (κ2) is 11.8. The van der Waals surface area contributed by atoms with Crippen LogP contribution in [0.5, 0.6) is 0 Å². The minimum absolute atomic E-state index is 0.0155. The van der Waals surface area contributed by atoms with Gasteiger partial charge in [0, 0.05) is 6.04 Å². The highest BCUT2D eigenvalue weighted by molar-refractivity contribution is 7.98. The number of rotatable bonds is 10. The van der Waals surface area contributed by atoms with Crippen molar-refractivity contribution in [2.24, 2.45) is 0 Å². The second-order valence-electron chi connectivity index (χ2n) is 6.72. The van der Waals surface area contributed by atoms with Crippen LogP contribution < -0.4 is 10.6 Å². The van der Waals surface area contributed by atoms with Gasteiger partial charge in [-0.25, -0.2) is 0 Å². The molecule has 0 fully saturated rings. The van der Waals surface area contributed by atoms with E-state index in [1.165, 1.54) is 5.56 Å². The molecule has 0 heterocycles. The summed E-state index contributed by atoms with van der Waals surface area (Å²) in [5.41, 5.74) is 1.62. The number of thioether (sulfide) groups is 1. The van der Waals surface area contributed by atoms with Gasteiger partial charge in [0.05, 0.1) is 10.6 Å². The number of carbonyl (C=O) groups excluding carboxylic acids is 2. The first-order valence-electron chi connectivity index (χ1n) is 9.40. The van der Waals surface area contributed by atoms with Gasteiger partial charge in [-0.3, -0.25) is 9.59 Å². The van der Waals surface area contributed by atoms with Gasteiger partial charge in [0.1, 0.15) is 6.04 Å². The van der Waals surface area contributed by atoms with E-state index in [4.69, 9.17) is 11.6 Å². The van der Waals surface area contributed by atoms with E-state index in [1.54, 1.807) is 36.0 Å². The Labute approximate surface area is 176 Å². The van der Waals surface area contributed by atoms with Gasteiger partial charge in [0.2, 0.25) is 5.91 Å². The molecular formula is C22H27ClN2O2S. The molecule has 0 aliphatic heterocycles. The van der Waals surface area contributed by atoms with Crippen LogP contribution in [0.4, 0.5) is 0 Å². The molecule has 2 N–H and O–H groups in total. The zero-order valence-corrected chi connectivity index (χ0v) is 17.9. The number of benzene rings is 2. The maximum Gasteiger partial charge on any atom is 0.253 e. The summed E-state index contributed by atoms with van der Waals surface area (Å²) < 4.78 is 0. The molecule has 0 spiro atoms. The summed E-state index contributed by atoms with van der Waals surface area (Å²) in [5.74, 6) is 0.290. The lowest BCUT2D eigenvalue weighted by molar-refractivity contribution is -0.123. The summed E-state index contributed by atoms with van der Waals surface area (Å²) in [5, 5.41) is 6.25. The minimum atomic E-state index is -0.588. The standard InChI is InChI=1S/C22H27ClN2O2S/c1-16(12-13-17-8-4-3-5-9-17)24-22(27)20(14-15-28-2)25-21(26)18-10-6-7-11-19(18)23/h3-11,16,20H,12-15H2,1-2H3,(H,24,27)(H,25,26)/t16-,20-/m1/s1. The van der Waals surface area contributed by atoms with E-state index in [0.29, 0.717) is 17.0 Å². The summed E-state index contributed by atoms with van der Waals surface area (Å²) >= 11 is 7.75. The van der Waals surface area contributed by atoms with Gasteiger partial charge >= 0.3 is 0 Å². The molecule has 2 aromatic rings. The van der Waals surface area contributed by atoms with E-state index >= 15 is 0 Å². The average molecular weight is 419 g/mol. The fraction of sp³-hybridized carbons (Fsp3) is 0.364. The molecule has 0 saturated heterocycles.